The number of amides is 1. The molecule has 11 heavy (non-hydrogen) atoms. The Labute approximate surface area is 62.0 Å². The minimum atomic E-state index is -0.899. The largest absolute Gasteiger partial charge is 0.387 e. The molecule has 0 fully saturated rings. The van der Waals surface area contributed by atoms with Gasteiger partial charge < -0.3 is 10.8 Å². The van der Waals surface area contributed by atoms with Crippen LogP contribution in [0.3, 0.4) is 0 Å². The van der Waals surface area contributed by atoms with Crippen molar-refractivity contribution in [3.8, 4) is 0 Å². The Hall–Kier alpha value is -1.43. The van der Waals surface area contributed by atoms with Crippen LogP contribution in [0.5, 0.6) is 0 Å². The van der Waals surface area contributed by atoms with Crippen LogP contribution in [0.15, 0.2) is 4.63 Å². The fourth-order valence-corrected chi connectivity index (χ4v) is 0.641. The van der Waals surface area contributed by atoms with E-state index in [2.05, 4.69) is 14.9 Å². The first-order valence-electron chi connectivity index (χ1n) is 2.93. The van der Waals surface area contributed by atoms with Gasteiger partial charge in [0.1, 0.15) is 5.69 Å². The first-order chi connectivity index (χ1) is 5.13. The van der Waals surface area contributed by atoms with Gasteiger partial charge in [0.05, 0.1) is 6.10 Å². The van der Waals surface area contributed by atoms with Crippen molar-refractivity contribution in [1.82, 2.24) is 10.3 Å². The van der Waals surface area contributed by atoms with Crippen molar-refractivity contribution in [2.75, 3.05) is 0 Å². The Balaban J connectivity index is 3.06. The van der Waals surface area contributed by atoms with Crippen LogP contribution < -0.4 is 5.73 Å². The van der Waals surface area contributed by atoms with Gasteiger partial charge in [0, 0.05) is 0 Å². The first-order valence-corrected chi connectivity index (χ1v) is 2.93. The molecule has 0 aliphatic rings. The summed E-state index contributed by atoms with van der Waals surface area (Å²) in [5.74, 6) is -0.762. The monoisotopic (exact) mass is 157 g/mol. The van der Waals surface area contributed by atoms with Gasteiger partial charge in [0.15, 0.2) is 5.69 Å². The Morgan fingerprint density at radius 1 is 1.73 bits per heavy atom. The summed E-state index contributed by atoms with van der Waals surface area (Å²) in [6.45, 7) is 1.44. The standard InChI is InChI=1S/C5H7N3O3/c1-2(9)3-4(5(6)10)8-11-7-3/h2,9H,1H3,(H2,6,10)/t2-/m0/s1. The Morgan fingerprint density at radius 3 is 2.73 bits per heavy atom. The smallest absolute Gasteiger partial charge is 0.273 e. The molecule has 0 saturated carbocycles. The maximum absolute atomic E-state index is 10.5. The number of rotatable bonds is 2. The number of primary amides is 1. The van der Waals surface area contributed by atoms with E-state index >= 15 is 0 Å². The summed E-state index contributed by atoms with van der Waals surface area (Å²) in [4.78, 5) is 10.5. The summed E-state index contributed by atoms with van der Waals surface area (Å²) in [6.07, 6.45) is -0.899. The minimum absolute atomic E-state index is 0.0671. The van der Waals surface area contributed by atoms with Gasteiger partial charge in [-0.1, -0.05) is 5.16 Å². The lowest BCUT2D eigenvalue weighted by Gasteiger charge is -1.96. The predicted octanol–water partition coefficient (Wildman–Crippen LogP) is -0.778. The van der Waals surface area contributed by atoms with E-state index in [4.69, 9.17) is 10.8 Å². The third kappa shape index (κ3) is 1.35. The highest BCUT2D eigenvalue weighted by molar-refractivity contribution is 5.91. The SMILES string of the molecule is C[C@H](O)c1nonc1C(N)=O. The van der Waals surface area contributed by atoms with E-state index in [0.29, 0.717) is 0 Å². The molecule has 1 amide bonds. The summed E-state index contributed by atoms with van der Waals surface area (Å²) < 4.78 is 4.21. The molecule has 1 atom stereocenters. The zero-order chi connectivity index (χ0) is 8.43. The van der Waals surface area contributed by atoms with Gasteiger partial charge in [0.25, 0.3) is 5.91 Å². The summed E-state index contributed by atoms with van der Waals surface area (Å²) in [5.41, 5.74) is 4.83. The molecule has 1 aromatic rings. The van der Waals surface area contributed by atoms with Gasteiger partial charge in [0.2, 0.25) is 0 Å². The van der Waals surface area contributed by atoms with E-state index in [1.54, 1.807) is 0 Å². The van der Waals surface area contributed by atoms with Crippen LogP contribution in [0, 0.1) is 0 Å². The first kappa shape index (κ1) is 7.67. The van der Waals surface area contributed by atoms with Crippen LogP contribution in [-0.4, -0.2) is 21.3 Å². The van der Waals surface area contributed by atoms with Crippen LogP contribution in [0.4, 0.5) is 0 Å². The lowest BCUT2D eigenvalue weighted by atomic mass is 10.2. The normalized spacial score (nSPS) is 12.9. The number of aliphatic hydroxyl groups excluding tert-OH is 1. The van der Waals surface area contributed by atoms with Crippen molar-refractivity contribution in [3.05, 3.63) is 11.4 Å². The van der Waals surface area contributed by atoms with Crippen molar-refractivity contribution < 1.29 is 14.5 Å². The average Bonchev–Trinajstić information content (AvgIpc) is 2.32. The topological polar surface area (TPSA) is 102 Å². The molecule has 1 heterocycles. The van der Waals surface area contributed by atoms with Gasteiger partial charge >= 0.3 is 0 Å². The lowest BCUT2D eigenvalue weighted by molar-refractivity contribution is 0.0986. The van der Waals surface area contributed by atoms with E-state index in [9.17, 15) is 4.79 Å². The fraction of sp³-hybridized carbons (Fsp3) is 0.400. The molecule has 0 bridgehead atoms. The summed E-state index contributed by atoms with van der Waals surface area (Å²) >= 11 is 0. The van der Waals surface area contributed by atoms with E-state index in [-0.39, 0.29) is 11.4 Å². The Bertz CT molecular complexity index is 268. The predicted molar refractivity (Wildman–Crippen MR) is 33.4 cm³/mol. The van der Waals surface area contributed by atoms with E-state index < -0.39 is 12.0 Å². The molecule has 0 unspecified atom stereocenters. The molecule has 1 aromatic heterocycles. The molecule has 0 saturated heterocycles. The number of hydrogen-bond acceptors (Lipinski definition) is 5. The van der Waals surface area contributed by atoms with Gasteiger partial charge in [-0.25, -0.2) is 4.63 Å². The quantitative estimate of drug-likeness (QED) is 0.586. The molecule has 6 nitrogen and oxygen atoms in total. The molecule has 0 spiro atoms. The number of nitrogens with zero attached hydrogens (tertiary/aromatic N) is 2. The molecule has 0 aliphatic carbocycles. The molecule has 3 N–H and O–H groups in total. The molecule has 6 heteroatoms. The molecular formula is C5H7N3O3. The summed E-state index contributed by atoms with van der Waals surface area (Å²) in [6, 6.07) is 0. The van der Waals surface area contributed by atoms with Crippen LogP contribution in [0.2, 0.25) is 0 Å². The van der Waals surface area contributed by atoms with Gasteiger partial charge in [-0.3, -0.25) is 4.79 Å². The lowest BCUT2D eigenvalue weighted by Crippen LogP contribution is -2.14. The zero-order valence-electron chi connectivity index (χ0n) is 5.81. The Morgan fingerprint density at radius 2 is 2.36 bits per heavy atom. The number of nitrogens with two attached hydrogens (primary N) is 1. The number of aliphatic hydroxyl groups is 1. The second kappa shape index (κ2) is 2.67. The number of carbonyl (C=O) groups excluding carboxylic acids is 1. The molecule has 0 aliphatic heterocycles. The van der Waals surface area contributed by atoms with Crippen molar-refractivity contribution in [1.29, 1.82) is 0 Å². The van der Waals surface area contributed by atoms with Crippen molar-refractivity contribution >= 4 is 5.91 Å². The van der Waals surface area contributed by atoms with Crippen LogP contribution in [-0.2, 0) is 0 Å². The van der Waals surface area contributed by atoms with Crippen molar-refractivity contribution in [3.63, 3.8) is 0 Å². The third-order valence-corrected chi connectivity index (χ3v) is 1.14. The second-order valence-electron chi connectivity index (χ2n) is 2.04. The van der Waals surface area contributed by atoms with Crippen molar-refractivity contribution in [2.24, 2.45) is 5.73 Å². The van der Waals surface area contributed by atoms with Crippen LogP contribution in [0.1, 0.15) is 29.2 Å². The number of carbonyl (C=O) groups is 1. The van der Waals surface area contributed by atoms with E-state index in [1.807, 2.05) is 0 Å². The van der Waals surface area contributed by atoms with Crippen LogP contribution >= 0.6 is 0 Å². The summed E-state index contributed by atoms with van der Waals surface area (Å²) in [7, 11) is 0. The molecule has 0 radical (unpaired) electrons. The highest BCUT2D eigenvalue weighted by Gasteiger charge is 2.18. The highest BCUT2D eigenvalue weighted by Crippen LogP contribution is 2.11. The average molecular weight is 157 g/mol. The highest BCUT2D eigenvalue weighted by atomic mass is 16.6. The van der Waals surface area contributed by atoms with Crippen LogP contribution in [0.25, 0.3) is 0 Å². The number of aromatic nitrogens is 2. The zero-order valence-corrected chi connectivity index (χ0v) is 5.81. The van der Waals surface area contributed by atoms with E-state index in [1.165, 1.54) is 6.92 Å². The molecule has 60 valence electrons. The van der Waals surface area contributed by atoms with Crippen molar-refractivity contribution in [2.45, 2.75) is 13.0 Å². The second-order valence-corrected chi connectivity index (χ2v) is 2.04. The minimum Gasteiger partial charge on any atom is -0.387 e. The third-order valence-electron chi connectivity index (χ3n) is 1.14. The molecule has 1 rings (SSSR count). The Kier molecular flexibility index (Phi) is 1.86. The maximum Gasteiger partial charge on any atom is 0.273 e. The maximum atomic E-state index is 10.5. The fourth-order valence-electron chi connectivity index (χ4n) is 0.641. The molecular weight excluding hydrogens is 150 g/mol. The molecule has 0 aromatic carbocycles. The van der Waals surface area contributed by atoms with Gasteiger partial charge in [-0.2, -0.15) is 0 Å². The summed E-state index contributed by atoms with van der Waals surface area (Å²) in [5, 5.41) is 15.5. The van der Waals surface area contributed by atoms with Gasteiger partial charge in [-0.15, -0.1) is 0 Å². The number of hydrogen-bond donors (Lipinski definition) is 2. The van der Waals surface area contributed by atoms with E-state index in [0.717, 1.165) is 0 Å². The van der Waals surface area contributed by atoms with Gasteiger partial charge in [-0.05, 0) is 12.1 Å².